The number of benzene rings is 2. The van der Waals surface area contributed by atoms with Gasteiger partial charge in [-0.25, -0.2) is 0 Å². The van der Waals surface area contributed by atoms with Crippen molar-refractivity contribution >= 4 is 22.5 Å². The minimum Gasteiger partial charge on any atom is -0.370 e. The van der Waals surface area contributed by atoms with Crippen LogP contribution in [-0.2, 0) is 17.8 Å². The third kappa shape index (κ3) is 3.72. The van der Waals surface area contributed by atoms with E-state index >= 15 is 0 Å². The first kappa shape index (κ1) is 17.3. The summed E-state index contributed by atoms with van der Waals surface area (Å²) in [6, 6.07) is 17.4. The van der Waals surface area contributed by atoms with E-state index in [1.54, 1.807) is 12.3 Å². The van der Waals surface area contributed by atoms with Crippen molar-refractivity contribution in [2.75, 3.05) is 24.5 Å². The molecule has 5 nitrogen and oxygen atoms in total. The number of nitrogens with one attached hydrogen (secondary N) is 1. The SMILES string of the molecule is O=C(Cn1ccc(=O)c2ccccc21)NCCN1CCCc2ccccc21. The molecule has 1 aromatic heterocycles. The maximum Gasteiger partial charge on any atom is 0.240 e. The number of para-hydroxylation sites is 2. The summed E-state index contributed by atoms with van der Waals surface area (Å²) in [5.74, 6) is -0.0471. The molecule has 0 saturated heterocycles. The van der Waals surface area contributed by atoms with Crippen LogP contribution in [0.2, 0.25) is 0 Å². The zero-order chi connectivity index (χ0) is 18.6. The van der Waals surface area contributed by atoms with Gasteiger partial charge in [-0.3, -0.25) is 9.59 Å². The lowest BCUT2D eigenvalue weighted by molar-refractivity contribution is -0.121. The van der Waals surface area contributed by atoms with Crippen LogP contribution in [0.1, 0.15) is 12.0 Å². The zero-order valence-electron chi connectivity index (χ0n) is 15.2. The lowest BCUT2D eigenvalue weighted by Gasteiger charge is -2.31. The first-order valence-electron chi connectivity index (χ1n) is 9.40. The third-order valence-electron chi connectivity index (χ3n) is 5.11. The molecule has 0 bridgehead atoms. The summed E-state index contributed by atoms with van der Waals surface area (Å²) in [6.07, 6.45) is 3.96. The number of aryl methyl sites for hydroxylation is 1. The van der Waals surface area contributed by atoms with Crippen LogP contribution in [0.4, 0.5) is 5.69 Å². The fraction of sp³-hybridized carbons (Fsp3) is 0.273. The van der Waals surface area contributed by atoms with Gasteiger partial charge in [0.05, 0.1) is 5.52 Å². The van der Waals surface area contributed by atoms with Gasteiger partial charge in [-0.05, 0) is 36.6 Å². The van der Waals surface area contributed by atoms with Crippen LogP contribution in [0.15, 0.2) is 65.6 Å². The molecule has 2 heterocycles. The number of carbonyl (C=O) groups excluding carboxylic acids is 1. The van der Waals surface area contributed by atoms with Crippen molar-refractivity contribution in [2.45, 2.75) is 19.4 Å². The van der Waals surface area contributed by atoms with Gasteiger partial charge < -0.3 is 14.8 Å². The molecule has 2 aromatic carbocycles. The van der Waals surface area contributed by atoms with Crippen molar-refractivity contribution in [3.8, 4) is 0 Å². The molecule has 1 aliphatic heterocycles. The third-order valence-corrected chi connectivity index (χ3v) is 5.11. The van der Waals surface area contributed by atoms with Crippen molar-refractivity contribution in [3.05, 3.63) is 76.6 Å². The van der Waals surface area contributed by atoms with E-state index in [2.05, 4.69) is 34.5 Å². The molecule has 0 aliphatic carbocycles. The molecule has 0 unspecified atom stereocenters. The van der Waals surface area contributed by atoms with Gasteiger partial charge in [0.2, 0.25) is 5.91 Å². The lowest BCUT2D eigenvalue weighted by atomic mass is 10.0. The summed E-state index contributed by atoms with van der Waals surface area (Å²) < 4.78 is 1.82. The van der Waals surface area contributed by atoms with Crippen molar-refractivity contribution in [2.24, 2.45) is 0 Å². The second-order valence-corrected chi connectivity index (χ2v) is 6.89. The molecule has 4 rings (SSSR count). The maximum absolute atomic E-state index is 12.4. The Labute approximate surface area is 158 Å². The zero-order valence-corrected chi connectivity index (χ0v) is 15.2. The van der Waals surface area contributed by atoms with Crippen molar-refractivity contribution in [1.29, 1.82) is 0 Å². The highest BCUT2D eigenvalue weighted by atomic mass is 16.2. The molecule has 0 saturated carbocycles. The number of carbonyl (C=O) groups is 1. The number of anilines is 1. The van der Waals surface area contributed by atoms with Crippen LogP contribution in [0.5, 0.6) is 0 Å². The fourth-order valence-electron chi connectivity index (χ4n) is 3.78. The number of nitrogens with zero attached hydrogens (tertiary/aromatic N) is 2. The van der Waals surface area contributed by atoms with Gasteiger partial charge in [0.15, 0.2) is 5.43 Å². The Hall–Kier alpha value is -3.08. The maximum atomic E-state index is 12.4. The van der Waals surface area contributed by atoms with Gasteiger partial charge in [-0.2, -0.15) is 0 Å². The Balaban J connectivity index is 1.38. The summed E-state index contributed by atoms with van der Waals surface area (Å²) in [4.78, 5) is 26.7. The molecule has 1 aliphatic rings. The van der Waals surface area contributed by atoms with Crippen LogP contribution in [0.25, 0.3) is 10.9 Å². The van der Waals surface area contributed by atoms with Gasteiger partial charge in [0.1, 0.15) is 6.54 Å². The molecule has 27 heavy (non-hydrogen) atoms. The molecule has 1 N–H and O–H groups in total. The molecular weight excluding hydrogens is 338 g/mol. The first-order valence-corrected chi connectivity index (χ1v) is 9.40. The predicted molar refractivity (Wildman–Crippen MR) is 108 cm³/mol. The first-order chi connectivity index (χ1) is 13.2. The minimum atomic E-state index is -0.0471. The molecule has 3 aromatic rings. The number of hydrogen-bond acceptors (Lipinski definition) is 3. The van der Waals surface area contributed by atoms with Gasteiger partial charge in [-0.15, -0.1) is 0 Å². The average molecular weight is 361 g/mol. The Morgan fingerprint density at radius 2 is 1.85 bits per heavy atom. The van der Waals surface area contributed by atoms with E-state index in [1.165, 1.54) is 17.3 Å². The largest absolute Gasteiger partial charge is 0.370 e. The highest BCUT2D eigenvalue weighted by Crippen LogP contribution is 2.25. The van der Waals surface area contributed by atoms with E-state index in [1.807, 2.05) is 22.8 Å². The summed E-state index contributed by atoms with van der Waals surface area (Å²) >= 11 is 0. The number of amides is 1. The van der Waals surface area contributed by atoms with Crippen LogP contribution >= 0.6 is 0 Å². The Kier molecular flexibility index (Phi) is 4.92. The Bertz CT molecular complexity index is 1030. The number of pyridine rings is 1. The summed E-state index contributed by atoms with van der Waals surface area (Å²) in [7, 11) is 0. The number of rotatable bonds is 5. The van der Waals surface area contributed by atoms with Crippen molar-refractivity contribution in [3.63, 3.8) is 0 Å². The standard InChI is InChI=1S/C22H23N3O2/c26-21-11-14-25(20-10-4-2-8-18(20)21)16-22(27)23-12-15-24-13-5-7-17-6-1-3-9-19(17)24/h1-4,6,8-11,14H,5,7,12-13,15-16H2,(H,23,27). The molecule has 5 heteroatoms. The topological polar surface area (TPSA) is 54.3 Å². The minimum absolute atomic E-state index is 0.0222. The van der Waals surface area contributed by atoms with E-state index in [9.17, 15) is 9.59 Å². The normalized spacial score (nSPS) is 13.4. The lowest BCUT2D eigenvalue weighted by Crippen LogP contribution is -2.38. The van der Waals surface area contributed by atoms with Gasteiger partial charge in [0, 0.05) is 43.0 Å². The van der Waals surface area contributed by atoms with Gasteiger partial charge >= 0.3 is 0 Å². The molecule has 0 atom stereocenters. The molecule has 138 valence electrons. The molecule has 1 amide bonds. The molecular formula is C22H23N3O2. The van der Waals surface area contributed by atoms with E-state index in [-0.39, 0.29) is 17.9 Å². The van der Waals surface area contributed by atoms with Crippen LogP contribution < -0.4 is 15.6 Å². The summed E-state index contributed by atoms with van der Waals surface area (Å²) in [5.41, 5.74) is 3.43. The van der Waals surface area contributed by atoms with E-state index in [0.29, 0.717) is 11.9 Å². The van der Waals surface area contributed by atoms with Gasteiger partial charge in [0.25, 0.3) is 0 Å². The Morgan fingerprint density at radius 3 is 2.78 bits per heavy atom. The highest BCUT2D eigenvalue weighted by Gasteiger charge is 2.16. The second kappa shape index (κ2) is 7.66. The van der Waals surface area contributed by atoms with Crippen molar-refractivity contribution in [1.82, 2.24) is 9.88 Å². The van der Waals surface area contributed by atoms with Crippen molar-refractivity contribution < 1.29 is 4.79 Å². The molecule has 0 spiro atoms. The van der Waals surface area contributed by atoms with E-state index in [4.69, 9.17) is 0 Å². The summed E-state index contributed by atoms with van der Waals surface area (Å²) in [6.45, 7) is 2.63. The van der Waals surface area contributed by atoms with Crippen LogP contribution in [0.3, 0.4) is 0 Å². The highest BCUT2D eigenvalue weighted by molar-refractivity contribution is 5.82. The van der Waals surface area contributed by atoms with Crippen LogP contribution in [0, 0.1) is 0 Å². The predicted octanol–water partition coefficient (Wildman–Crippen LogP) is 2.57. The number of fused-ring (bicyclic) bond motifs is 2. The number of hydrogen-bond donors (Lipinski definition) is 1. The quantitative estimate of drug-likeness (QED) is 0.760. The number of aromatic nitrogens is 1. The average Bonchev–Trinajstić information content (AvgIpc) is 2.70. The fourth-order valence-corrected chi connectivity index (χ4v) is 3.78. The smallest absolute Gasteiger partial charge is 0.240 e. The Morgan fingerprint density at radius 1 is 1.04 bits per heavy atom. The summed E-state index contributed by atoms with van der Waals surface area (Å²) in [5, 5.41) is 3.65. The van der Waals surface area contributed by atoms with Gasteiger partial charge in [-0.1, -0.05) is 30.3 Å². The molecule has 0 fully saturated rings. The molecule has 0 radical (unpaired) electrons. The van der Waals surface area contributed by atoms with E-state index < -0.39 is 0 Å². The van der Waals surface area contributed by atoms with E-state index in [0.717, 1.165) is 31.4 Å². The monoisotopic (exact) mass is 361 g/mol. The second-order valence-electron chi connectivity index (χ2n) is 6.89. The van der Waals surface area contributed by atoms with Crippen LogP contribution in [-0.4, -0.2) is 30.1 Å².